The van der Waals surface area contributed by atoms with Gasteiger partial charge in [0, 0.05) is 0 Å². The molecule has 0 saturated carbocycles. The van der Waals surface area contributed by atoms with Crippen molar-refractivity contribution >= 4 is 28.9 Å². The molecule has 1 N–H and O–H groups in total. The topological polar surface area (TPSA) is 80.9 Å². The molecule has 0 radical (unpaired) electrons. The molecule has 0 aliphatic rings. The maximum Gasteiger partial charge on any atom is 0.305 e. The maximum atomic E-state index is 10.9. The predicted octanol–water partition coefficient (Wildman–Crippen LogP) is 2.87. The van der Waals surface area contributed by atoms with Crippen LogP contribution >= 0.6 is 22.9 Å². The van der Waals surface area contributed by atoms with Crippen LogP contribution in [0.3, 0.4) is 0 Å². The van der Waals surface area contributed by atoms with Gasteiger partial charge in [-0.1, -0.05) is 24.9 Å². The van der Waals surface area contributed by atoms with E-state index in [1.807, 2.05) is 12.3 Å². The minimum atomic E-state index is -0.864. The van der Waals surface area contributed by atoms with Crippen LogP contribution in [0.15, 0.2) is 11.4 Å². The highest BCUT2D eigenvalue weighted by molar-refractivity contribution is 7.14. The normalized spacial score (nSPS) is 12.5. The third-order valence-corrected chi connectivity index (χ3v) is 4.03. The molecule has 0 aromatic carbocycles. The highest BCUT2D eigenvalue weighted by Crippen LogP contribution is 2.33. The van der Waals surface area contributed by atoms with Gasteiger partial charge >= 0.3 is 5.97 Å². The Morgan fingerprint density at radius 1 is 1.63 bits per heavy atom. The third kappa shape index (κ3) is 3.10. The van der Waals surface area contributed by atoms with Crippen LogP contribution in [0, 0.1) is 0 Å². The molecule has 0 saturated heterocycles. The number of carboxylic acids is 1. The predicted molar refractivity (Wildman–Crippen MR) is 72.3 cm³/mol. The molecule has 0 aliphatic heterocycles. The zero-order valence-electron chi connectivity index (χ0n) is 10.3. The van der Waals surface area contributed by atoms with E-state index >= 15 is 0 Å². The Labute approximate surface area is 119 Å². The van der Waals surface area contributed by atoms with Gasteiger partial charge in [0.1, 0.15) is 0 Å². The van der Waals surface area contributed by atoms with E-state index < -0.39 is 5.97 Å². The lowest BCUT2D eigenvalue weighted by Gasteiger charge is -2.15. The van der Waals surface area contributed by atoms with E-state index in [1.165, 1.54) is 11.3 Å². The summed E-state index contributed by atoms with van der Waals surface area (Å²) in [4.78, 5) is 11.7. The molecule has 2 aromatic heterocycles. The quantitative estimate of drug-likeness (QED) is 0.887. The van der Waals surface area contributed by atoms with Crippen LogP contribution in [0.4, 0.5) is 0 Å². The Balaban J connectivity index is 2.36. The summed E-state index contributed by atoms with van der Waals surface area (Å²) in [5.41, 5.74) is 0. The van der Waals surface area contributed by atoms with Gasteiger partial charge in [0.05, 0.1) is 22.4 Å². The molecule has 1 unspecified atom stereocenters. The third-order valence-electron chi connectivity index (χ3n) is 2.69. The van der Waals surface area contributed by atoms with E-state index in [9.17, 15) is 4.79 Å². The van der Waals surface area contributed by atoms with Crippen molar-refractivity contribution < 1.29 is 9.90 Å². The zero-order valence-corrected chi connectivity index (χ0v) is 11.9. The van der Waals surface area contributed by atoms with Gasteiger partial charge in [0.15, 0.2) is 5.82 Å². The molecule has 0 aliphatic carbocycles. The minimum absolute atomic E-state index is 0.00509. The van der Waals surface area contributed by atoms with Crippen molar-refractivity contribution in [3.8, 4) is 10.7 Å². The number of nitrogens with zero attached hydrogens (tertiary/aromatic N) is 4. The van der Waals surface area contributed by atoms with Crippen molar-refractivity contribution in [3.63, 3.8) is 0 Å². The number of tetrazole rings is 1. The lowest BCUT2D eigenvalue weighted by Crippen LogP contribution is -2.16. The van der Waals surface area contributed by atoms with E-state index in [0.717, 1.165) is 11.3 Å². The SMILES string of the molecule is CCCC(CC(=O)O)n1nnnc1-c1sccc1Cl. The molecule has 6 nitrogen and oxygen atoms in total. The van der Waals surface area contributed by atoms with Crippen molar-refractivity contribution in [3.05, 3.63) is 16.5 Å². The number of hydrogen-bond donors (Lipinski definition) is 1. The van der Waals surface area contributed by atoms with Crippen molar-refractivity contribution in [1.29, 1.82) is 0 Å². The Morgan fingerprint density at radius 3 is 3.00 bits per heavy atom. The smallest absolute Gasteiger partial charge is 0.305 e. The summed E-state index contributed by atoms with van der Waals surface area (Å²) in [5.74, 6) is -0.336. The highest BCUT2D eigenvalue weighted by Gasteiger charge is 2.22. The molecule has 0 fully saturated rings. The summed E-state index contributed by atoms with van der Waals surface area (Å²) in [7, 11) is 0. The molecule has 19 heavy (non-hydrogen) atoms. The first-order valence-electron chi connectivity index (χ1n) is 5.86. The largest absolute Gasteiger partial charge is 0.481 e. The first-order valence-corrected chi connectivity index (χ1v) is 7.12. The van der Waals surface area contributed by atoms with Crippen molar-refractivity contribution in [2.24, 2.45) is 0 Å². The first kappa shape index (κ1) is 14.0. The summed E-state index contributed by atoms with van der Waals surface area (Å²) in [5, 5.41) is 22.9. The number of rotatable bonds is 6. The summed E-state index contributed by atoms with van der Waals surface area (Å²) < 4.78 is 1.56. The number of aromatic nitrogens is 4. The van der Waals surface area contributed by atoms with Crippen molar-refractivity contribution in [1.82, 2.24) is 20.2 Å². The lowest BCUT2D eigenvalue weighted by molar-refractivity contribution is -0.138. The second-order valence-corrected chi connectivity index (χ2v) is 5.41. The fourth-order valence-corrected chi connectivity index (χ4v) is 3.00. The molecular weight excluding hydrogens is 288 g/mol. The molecule has 102 valence electrons. The van der Waals surface area contributed by atoms with E-state index in [1.54, 1.807) is 10.7 Å². The van der Waals surface area contributed by atoms with Gasteiger partial charge in [-0.2, -0.15) is 0 Å². The summed E-state index contributed by atoms with van der Waals surface area (Å²) in [6.45, 7) is 2.00. The molecule has 8 heteroatoms. The molecule has 2 heterocycles. The van der Waals surface area contributed by atoms with Gasteiger partial charge in [-0.25, -0.2) is 4.68 Å². The molecule has 0 bridgehead atoms. The molecule has 2 aromatic rings. The van der Waals surface area contributed by atoms with Crippen molar-refractivity contribution in [2.75, 3.05) is 0 Å². The molecule has 2 rings (SSSR count). The maximum absolute atomic E-state index is 10.9. The van der Waals surface area contributed by atoms with Crippen LogP contribution in [0.2, 0.25) is 5.02 Å². The Hall–Kier alpha value is -1.47. The lowest BCUT2D eigenvalue weighted by atomic mass is 10.1. The van der Waals surface area contributed by atoms with Crippen LogP contribution in [0.25, 0.3) is 10.7 Å². The average Bonchev–Trinajstić information content (AvgIpc) is 2.95. The second-order valence-electron chi connectivity index (χ2n) is 4.09. The van der Waals surface area contributed by atoms with E-state index in [2.05, 4.69) is 15.5 Å². The molecular formula is C11H13ClN4O2S. The number of thiophene rings is 1. The Bertz CT molecular complexity index is 569. The molecule has 0 amide bonds. The minimum Gasteiger partial charge on any atom is -0.481 e. The van der Waals surface area contributed by atoms with Crippen molar-refractivity contribution in [2.45, 2.75) is 32.2 Å². The van der Waals surface area contributed by atoms with Crippen LogP contribution in [-0.2, 0) is 4.79 Å². The summed E-state index contributed by atoms with van der Waals surface area (Å²) in [6.07, 6.45) is 1.55. The molecule has 0 spiro atoms. The Morgan fingerprint density at radius 2 is 2.42 bits per heavy atom. The summed E-state index contributed by atoms with van der Waals surface area (Å²) >= 11 is 7.51. The first-order chi connectivity index (χ1) is 9.13. The van der Waals surface area contributed by atoms with Crippen LogP contribution < -0.4 is 0 Å². The Kier molecular flexibility index (Phi) is 4.49. The number of carboxylic acid groups (broad SMARTS) is 1. The van der Waals surface area contributed by atoms with E-state index in [4.69, 9.17) is 16.7 Å². The number of halogens is 1. The highest BCUT2D eigenvalue weighted by atomic mass is 35.5. The second kappa shape index (κ2) is 6.12. The van der Waals surface area contributed by atoms with Gasteiger partial charge < -0.3 is 5.11 Å². The fourth-order valence-electron chi connectivity index (χ4n) is 1.89. The van der Waals surface area contributed by atoms with Gasteiger partial charge in [0.25, 0.3) is 0 Å². The monoisotopic (exact) mass is 300 g/mol. The fraction of sp³-hybridized carbons (Fsp3) is 0.455. The number of aliphatic carboxylic acids is 1. The number of hydrogen-bond acceptors (Lipinski definition) is 5. The zero-order chi connectivity index (χ0) is 13.8. The average molecular weight is 301 g/mol. The van der Waals surface area contributed by atoms with Crippen LogP contribution in [0.1, 0.15) is 32.2 Å². The van der Waals surface area contributed by atoms with E-state index in [0.29, 0.717) is 17.3 Å². The van der Waals surface area contributed by atoms with Gasteiger partial charge in [-0.05, 0) is 28.3 Å². The van der Waals surface area contributed by atoms with E-state index in [-0.39, 0.29) is 12.5 Å². The standard InChI is InChI=1S/C11H13ClN4O2S/c1-2-3-7(6-9(17)18)16-11(13-14-15-16)10-8(12)4-5-19-10/h4-5,7H,2-3,6H2,1H3,(H,17,18). The van der Waals surface area contributed by atoms with Crippen LogP contribution in [-0.4, -0.2) is 31.3 Å². The van der Waals surface area contributed by atoms with Gasteiger partial charge in [-0.3, -0.25) is 4.79 Å². The number of carbonyl (C=O) groups is 1. The van der Waals surface area contributed by atoms with Crippen LogP contribution in [0.5, 0.6) is 0 Å². The van der Waals surface area contributed by atoms with Gasteiger partial charge in [0.2, 0.25) is 0 Å². The molecule has 1 atom stereocenters. The van der Waals surface area contributed by atoms with Gasteiger partial charge in [-0.15, -0.1) is 16.4 Å². The summed E-state index contributed by atoms with van der Waals surface area (Å²) in [6, 6.07) is 1.51.